The maximum Gasteiger partial charge on any atom is 0.272 e. The summed E-state index contributed by atoms with van der Waals surface area (Å²) in [6.07, 6.45) is 3.63. The van der Waals surface area contributed by atoms with E-state index in [9.17, 15) is 8.78 Å². The lowest BCUT2D eigenvalue weighted by Gasteiger charge is -2.23. The molecule has 0 radical (unpaired) electrons. The molecule has 1 aliphatic heterocycles. The molecule has 2 fully saturated rings. The smallest absolute Gasteiger partial charge is 0.272 e. The van der Waals surface area contributed by atoms with Gasteiger partial charge in [0.25, 0.3) is 5.92 Å². The monoisotopic (exact) mass is 204 g/mol. The van der Waals surface area contributed by atoms with Gasteiger partial charge in [0.2, 0.25) is 0 Å². The fraction of sp³-hybridized carbons (Fsp3) is 1.00. The van der Waals surface area contributed by atoms with Crippen molar-refractivity contribution in [3.05, 3.63) is 0 Å². The summed E-state index contributed by atoms with van der Waals surface area (Å²) >= 11 is 0. The molecule has 0 unspecified atom stereocenters. The highest BCUT2D eigenvalue weighted by Crippen LogP contribution is 2.52. The van der Waals surface area contributed by atoms with Crippen LogP contribution in [0.2, 0.25) is 0 Å². The molecule has 1 aliphatic carbocycles. The number of nitrogens with one attached hydrogen (secondary N) is 1. The van der Waals surface area contributed by atoms with Crippen LogP contribution in [0.3, 0.4) is 0 Å². The molecule has 0 aromatic rings. The molecule has 0 aromatic heterocycles. The first-order valence-electron chi connectivity index (χ1n) is 5.30. The predicted octanol–water partition coefficient (Wildman–Crippen LogP) is 1.33. The highest BCUT2D eigenvalue weighted by Gasteiger charge is 2.49. The van der Waals surface area contributed by atoms with E-state index in [1.165, 1.54) is 12.8 Å². The average Bonchev–Trinajstić information content (AvgIpc) is 2.68. The number of rotatable bonds is 4. The Bertz CT molecular complexity index is 214. The lowest BCUT2D eigenvalue weighted by molar-refractivity contribution is -0.0249. The van der Waals surface area contributed by atoms with Gasteiger partial charge in [-0.2, -0.15) is 0 Å². The van der Waals surface area contributed by atoms with Crippen LogP contribution >= 0.6 is 0 Å². The average molecular weight is 204 g/mol. The number of hydrogen-bond donors (Lipinski definition) is 1. The van der Waals surface area contributed by atoms with Gasteiger partial charge in [-0.3, -0.25) is 4.90 Å². The Hall–Kier alpha value is -0.220. The number of halogens is 2. The summed E-state index contributed by atoms with van der Waals surface area (Å²) in [6.45, 7) is 1.47. The Morgan fingerprint density at radius 3 is 2.57 bits per heavy atom. The van der Waals surface area contributed by atoms with Crippen LogP contribution in [-0.4, -0.2) is 44.0 Å². The number of likely N-dealkylation sites (tertiary alicyclic amines) is 1. The quantitative estimate of drug-likeness (QED) is 0.743. The first-order valence-corrected chi connectivity index (χ1v) is 5.30. The highest BCUT2D eigenvalue weighted by molar-refractivity contribution is 5.01. The Balaban J connectivity index is 1.80. The Morgan fingerprint density at radius 2 is 2.07 bits per heavy atom. The third-order valence-electron chi connectivity index (χ3n) is 3.36. The normalized spacial score (nSPS) is 25.9. The van der Waals surface area contributed by atoms with Crippen molar-refractivity contribution in [2.24, 2.45) is 5.41 Å². The maximum absolute atomic E-state index is 13.2. The number of nitrogens with zero attached hydrogens (tertiary/aromatic N) is 1. The van der Waals surface area contributed by atoms with Gasteiger partial charge in [0.15, 0.2) is 0 Å². The molecule has 1 saturated heterocycles. The van der Waals surface area contributed by atoms with Crippen molar-refractivity contribution in [2.75, 3.05) is 33.2 Å². The zero-order valence-corrected chi connectivity index (χ0v) is 8.65. The second kappa shape index (κ2) is 3.42. The van der Waals surface area contributed by atoms with Gasteiger partial charge in [0, 0.05) is 6.54 Å². The predicted molar refractivity (Wildman–Crippen MR) is 51.6 cm³/mol. The molecule has 82 valence electrons. The molecule has 2 rings (SSSR count). The summed E-state index contributed by atoms with van der Waals surface area (Å²) in [4.78, 5) is 1.92. The first kappa shape index (κ1) is 10.3. The van der Waals surface area contributed by atoms with E-state index >= 15 is 0 Å². The second-order valence-corrected chi connectivity index (χ2v) is 4.85. The molecule has 1 heterocycles. The van der Waals surface area contributed by atoms with Crippen LogP contribution in [0, 0.1) is 5.41 Å². The maximum atomic E-state index is 13.2. The van der Waals surface area contributed by atoms with Gasteiger partial charge in [0.1, 0.15) is 0 Å². The minimum Gasteiger partial charge on any atom is -0.314 e. The van der Waals surface area contributed by atoms with Crippen LogP contribution < -0.4 is 5.32 Å². The topological polar surface area (TPSA) is 15.3 Å². The Labute approximate surface area is 83.7 Å². The van der Waals surface area contributed by atoms with Gasteiger partial charge in [-0.05, 0) is 38.3 Å². The third kappa shape index (κ3) is 2.23. The fourth-order valence-electron chi connectivity index (χ4n) is 2.39. The summed E-state index contributed by atoms with van der Waals surface area (Å²) < 4.78 is 26.5. The van der Waals surface area contributed by atoms with Crippen molar-refractivity contribution in [3.8, 4) is 0 Å². The van der Waals surface area contributed by atoms with Gasteiger partial charge in [-0.1, -0.05) is 0 Å². The van der Waals surface area contributed by atoms with E-state index in [2.05, 4.69) is 5.32 Å². The standard InChI is InChI=1S/C10H18F2N2/c1-13-6-10(11,12)8-14-5-4-9(7-14)2-3-9/h13H,2-8H2,1H3. The van der Waals surface area contributed by atoms with Crippen LogP contribution in [0.4, 0.5) is 8.78 Å². The Kier molecular flexibility index (Phi) is 2.52. The van der Waals surface area contributed by atoms with E-state index in [0.717, 1.165) is 19.5 Å². The van der Waals surface area contributed by atoms with Crippen molar-refractivity contribution < 1.29 is 8.78 Å². The SMILES string of the molecule is CNCC(F)(F)CN1CCC2(CC2)C1. The van der Waals surface area contributed by atoms with Crippen molar-refractivity contribution in [1.29, 1.82) is 0 Å². The summed E-state index contributed by atoms with van der Waals surface area (Å²) in [5.41, 5.74) is 0.454. The van der Waals surface area contributed by atoms with Crippen LogP contribution in [0.25, 0.3) is 0 Å². The van der Waals surface area contributed by atoms with Gasteiger partial charge >= 0.3 is 0 Å². The first-order chi connectivity index (χ1) is 6.55. The molecule has 2 aliphatic rings. The molecule has 0 amide bonds. The summed E-state index contributed by atoms with van der Waals surface area (Å²) in [7, 11) is 1.57. The van der Waals surface area contributed by atoms with Crippen LogP contribution in [0.15, 0.2) is 0 Å². The van der Waals surface area contributed by atoms with Crippen molar-refractivity contribution >= 4 is 0 Å². The number of alkyl halides is 2. The van der Waals surface area contributed by atoms with Crippen LogP contribution in [0.1, 0.15) is 19.3 Å². The molecule has 1 spiro atoms. The fourth-order valence-corrected chi connectivity index (χ4v) is 2.39. The zero-order chi connectivity index (χ0) is 10.2. The van der Waals surface area contributed by atoms with Gasteiger partial charge in [0.05, 0.1) is 13.1 Å². The van der Waals surface area contributed by atoms with E-state index in [1.54, 1.807) is 7.05 Å². The minimum absolute atomic E-state index is 0.0738. The molecule has 0 aromatic carbocycles. The van der Waals surface area contributed by atoms with Gasteiger partial charge < -0.3 is 5.32 Å². The molecule has 4 heteroatoms. The molecular weight excluding hydrogens is 186 g/mol. The highest BCUT2D eigenvalue weighted by atomic mass is 19.3. The van der Waals surface area contributed by atoms with Crippen LogP contribution in [0.5, 0.6) is 0 Å². The summed E-state index contributed by atoms with van der Waals surface area (Å²) in [6, 6.07) is 0. The van der Waals surface area contributed by atoms with E-state index in [1.807, 2.05) is 4.90 Å². The van der Waals surface area contributed by atoms with E-state index in [4.69, 9.17) is 0 Å². The molecule has 14 heavy (non-hydrogen) atoms. The van der Waals surface area contributed by atoms with E-state index in [-0.39, 0.29) is 13.1 Å². The Morgan fingerprint density at radius 1 is 1.36 bits per heavy atom. The molecule has 0 atom stereocenters. The van der Waals surface area contributed by atoms with Crippen molar-refractivity contribution in [2.45, 2.75) is 25.2 Å². The molecule has 1 saturated carbocycles. The number of hydrogen-bond acceptors (Lipinski definition) is 2. The van der Waals surface area contributed by atoms with Crippen molar-refractivity contribution in [3.63, 3.8) is 0 Å². The van der Waals surface area contributed by atoms with Gasteiger partial charge in [-0.15, -0.1) is 0 Å². The minimum atomic E-state index is -2.57. The van der Waals surface area contributed by atoms with Crippen molar-refractivity contribution in [1.82, 2.24) is 10.2 Å². The lowest BCUT2D eigenvalue weighted by atomic mass is 10.1. The van der Waals surface area contributed by atoms with Crippen LogP contribution in [-0.2, 0) is 0 Å². The zero-order valence-electron chi connectivity index (χ0n) is 8.65. The summed E-state index contributed by atoms with van der Waals surface area (Å²) in [5, 5.41) is 2.54. The largest absolute Gasteiger partial charge is 0.314 e. The lowest BCUT2D eigenvalue weighted by Crippen LogP contribution is -2.42. The molecule has 0 bridgehead atoms. The van der Waals surface area contributed by atoms with Gasteiger partial charge in [-0.25, -0.2) is 8.78 Å². The van der Waals surface area contributed by atoms with E-state index in [0.29, 0.717) is 5.41 Å². The van der Waals surface area contributed by atoms with E-state index < -0.39 is 5.92 Å². The molecule has 2 nitrogen and oxygen atoms in total. The molecule has 1 N–H and O–H groups in total. The third-order valence-corrected chi connectivity index (χ3v) is 3.36. The molecular formula is C10H18F2N2. The second-order valence-electron chi connectivity index (χ2n) is 4.85. The summed E-state index contributed by atoms with van der Waals surface area (Å²) in [5.74, 6) is -2.57.